The van der Waals surface area contributed by atoms with Crippen molar-refractivity contribution in [3.05, 3.63) is 58.1 Å². The molecule has 0 aromatic heterocycles. The van der Waals surface area contributed by atoms with Crippen LogP contribution in [0.5, 0.6) is 11.5 Å². The van der Waals surface area contributed by atoms with Crippen LogP contribution in [-0.2, 0) is 9.59 Å². The summed E-state index contributed by atoms with van der Waals surface area (Å²) < 4.78 is 0. The number of carboxylic acid groups (broad SMARTS) is 2. The van der Waals surface area contributed by atoms with Crippen LogP contribution in [0.25, 0.3) is 0 Å². The largest absolute Gasteiger partial charge is 0.507 e. The van der Waals surface area contributed by atoms with Gasteiger partial charge in [-0.2, -0.15) is 0 Å². The van der Waals surface area contributed by atoms with Crippen LogP contribution in [-0.4, -0.2) is 55.9 Å². The third-order valence-corrected chi connectivity index (χ3v) is 4.35. The van der Waals surface area contributed by atoms with Gasteiger partial charge in [-0.15, -0.1) is 0 Å². The SMILES string of the molecule is O=C(O)CC(NC(=O)c1cc(O)c2c(c1)C(=O)c1cccc(O)c1C2=O)C(=O)O. The number of phenolic OH excluding ortho intramolecular Hbond substituents is 2. The number of aromatic hydroxyl groups is 2. The van der Waals surface area contributed by atoms with E-state index in [2.05, 4.69) is 0 Å². The second kappa shape index (κ2) is 7.08. The van der Waals surface area contributed by atoms with Crippen LogP contribution in [0.4, 0.5) is 0 Å². The highest BCUT2D eigenvalue weighted by molar-refractivity contribution is 6.30. The van der Waals surface area contributed by atoms with Crippen molar-refractivity contribution >= 4 is 29.4 Å². The first-order chi connectivity index (χ1) is 13.6. The van der Waals surface area contributed by atoms with Crippen molar-refractivity contribution in [2.24, 2.45) is 0 Å². The first kappa shape index (κ1) is 19.5. The molecule has 5 N–H and O–H groups in total. The maximum Gasteiger partial charge on any atom is 0.326 e. The summed E-state index contributed by atoms with van der Waals surface area (Å²) >= 11 is 0. The number of rotatable bonds is 5. The van der Waals surface area contributed by atoms with Gasteiger partial charge in [0.15, 0.2) is 5.78 Å². The molecule has 0 saturated carbocycles. The number of nitrogens with one attached hydrogen (secondary N) is 1. The number of aliphatic carboxylic acids is 2. The Balaban J connectivity index is 2.03. The minimum Gasteiger partial charge on any atom is -0.507 e. The number of amides is 1. The second-order valence-corrected chi connectivity index (χ2v) is 6.24. The van der Waals surface area contributed by atoms with E-state index in [0.717, 1.165) is 12.1 Å². The van der Waals surface area contributed by atoms with Gasteiger partial charge in [0.2, 0.25) is 5.78 Å². The molecule has 1 aliphatic carbocycles. The average molecular weight is 399 g/mol. The molecule has 10 heteroatoms. The first-order valence-electron chi connectivity index (χ1n) is 8.15. The van der Waals surface area contributed by atoms with Crippen LogP contribution >= 0.6 is 0 Å². The number of fused-ring (bicyclic) bond motifs is 2. The topological polar surface area (TPSA) is 178 Å². The Morgan fingerprint density at radius 3 is 2.17 bits per heavy atom. The van der Waals surface area contributed by atoms with Crippen LogP contribution in [0.1, 0.15) is 48.6 Å². The van der Waals surface area contributed by atoms with Gasteiger partial charge >= 0.3 is 11.9 Å². The van der Waals surface area contributed by atoms with E-state index in [1.165, 1.54) is 18.2 Å². The number of phenols is 2. The second-order valence-electron chi connectivity index (χ2n) is 6.24. The molecule has 0 fully saturated rings. The molecule has 0 aliphatic heterocycles. The quantitative estimate of drug-likeness (QED) is 0.409. The van der Waals surface area contributed by atoms with E-state index in [4.69, 9.17) is 10.2 Å². The van der Waals surface area contributed by atoms with Crippen LogP contribution in [0.2, 0.25) is 0 Å². The summed E-state index contributed by atoms with van der Waals surface area (Å²) in [6.45, 7) is 0. The lowest BCUT2D eigenvalue weighted by Crippen LogP contribution is -2.42. The molecule has 2 aromatic carbocycles. The van der Waals surface area contributed by atoms with E-state index in [-0.39, 0.29) is 22.3 Å². The van der Waals surface area contributed by atoms with E-state index in [0.29, 0.717) is 0 Å². The summed E-state index contributed by atoms with van der Waals surface area (Å²) in [5, 5.41) is 39.9. The maximum atomic E-state index is 12.7. The summed E-state index contributed by atoms with van der Waals surface area (Å²) in [4.78, 5) is 59.6. The molecule has 148 valence electrons. The van der Waals surface area contributed by atoms with E-state index in [9.17, 15) is 34.2 Å². The zero-order chi connectivity index (χ0) is 21.5. The van der Waals surface area contributed by atoms with E-state index >= 15 is 0 Å². The summed E-state index contributed by atoms with van der Waals surface area (Å²) in [6, 6.07) is 3.97. The van der Waals surface area contributed by atoms with Gasteiger partial charge in [-0.1, -0.05) is 12.1 Å². The van der Waals surface area contributed by atoms with Crippen LogP contribution in [0.15, 0.2) is 30.3 Å². The number of hydrogen-bond acceptors (Lipinski definition) is 7. The Hall–Kier alpha value is -4.21. The molecule has 0 saturated heterocycles. The van der Waals surface area contributed by atoms with Gasteiger partial charge in [-0.25, -0.2) is 4.79 Å². The summed E-state index contributed by atoms with van der Waals surface area (Å²) in [7, 11) is 0. The van der Waals surface area contributed by atoms with Crippen molar-refractivity contribution < 1.29 is 44.4 Å². The Kier molecular flexibility index (Phi) is 4.77. The molecule has 1 aliphatic rings. The van der Waals surface area contributed by atoms with Crippen molar-refractivity contribution in [1.82, 2.24) is 5.32 Å². The molecule has 1 atom stereocenters. The molecule has 0 heterocycles. The fourth-order valence-electron chi connectivity index (χ4n) is 3.03. The zero-order valence-corrected chi connectivity index (χ0v) is 14.5. The van der Waals surface area contributed by atoms with E-state index in [1.807, 2.05) is 5.32 Å². The standard InChI is InChI=1S/C19H13NO9/c21-11-3-1-2-8-14(11)17(26)15-9(16(8)25)4-7(5-12(15)22)18(27)20-10(19(28)29)6-13(23)24/h1-5,10,21-22H,6H2,(H,20,27)(H,23,24)(H,28,29). The molecule has 0 spiro atoms. The normalized spacial score (nSPS) is 13.2. The van der Waals surface area contributed by atoms with E-state index in [1.54, 1.807) is 0 Å². The molecule has 1 unspecified atom stereocenters. The fourth-order valence-corrected chi connectivity index (χ4v) is 3.03. The van der Waals surface area contributed by atoms with Gasteiger partial charge in [0.05, 0.1) is 17.5 Å². The molecule has 29 heavy (non-hydrogen) atoms. The predicted octanol–water partition coefficient (Wildman–Crippen LogP) is 0.531. The number of ketones is 2. The molecule has 1 amide bonds. The number of carbonyl (C=O) groups is 5. The van der Waals surface area contributed by atoms with Gasteiger partial charge in [0.1, 0.15) is 17.5 Å². The van der Waals surface area contributed by atoms with Crippen molar-refractivity contribution in [1.29, 1.82) is 0 Å². The van der Waals surface area contributed by atoms with Crippen molar-refractivity contribution in [3.63, 3.8) is 0 Å². The highest BCUT2D eigenvalue weighted by atomic mass is 16.4. The Morgan fingerprint density at radius 1 is 0.897 bits per heavy atom. The smallest absolute Gasteiger partial charge is 0.326 e. The number of hydrogen-bond donors (Lipinski definition) is 5. The molecule has 2 aromatic rings. The van der Waals surface area contributed by atoms with Crippen molar-refractivity contribution in [2.75, 3.05) is 0 Å². The molecular weight excluding hydrogens is 386 g/mol. The van der Waals surface area contributed by atoms with Gasteiger partial charge in [0, 0.05) is 16.7 Å². The minimum atomic E-state index is -1.74. The lowest BCUT2D eigenvalue weighted by atomic mass is 9.82. The zero-order valence-electron chi connectivity index (χ0n) is 14.5. The monoisotopic (exact) mass is 399 g/mol. The molecule has 0 radical (unpaired) electrons. The third-order valence-electron chi connectivity index (χ3n) is 4.35. The molecular formula is C19H13NO9. The Bertz CT molecular complexity index is 1100. The predicted molar refractivity (Wildman–Crippen MR) is 94.2 cm³/mol. The van der Waals surface area contributed by atoms with Crippen LogP contribution in [0, 0.1) is 0 Å². The summed E-state index contributed by atoms with van der Waals surface area (Å²) in [5.74, 6) is -6.79. The van der Waals surface area contributed by atoms with Crippen molar-refractivity contribution in [3.8, 4) is 11.5 Å². The van der Waals surface area contributed by atoms with E-state index < -0.39 is 58.9 Å². The summed E-state index contributed by atoms with van der Waals surface area (Å²) in [6.07, 6.45) is -0.887. The summed E-state index contributed by atoms with van der Waals surface area (Å²) in [5.41, 5.74) is -1.44. The number of carboxylic acids is 2. The van der Waals surface area contributed by atoms with Crippen LogP contribution in [0.3, 0.4) is 0 Å². The average Bonchev–Trinajstić information content (AvgIpc) is 2.64. The van der Waals surface area contributed by atoms with Gasteiger partial charge < -0.3 is 25.7 Å². The lowest BCUT2D eigenvalue weighted by molar-refractivity contribution is -0.145. The van der Waals surface area contributed by atoms with Gasteiger partial charge in [0.25, 0.3) is 5.91 Å². The van der Waals surface area contributed by atoms with Gasteiger partial charge in [-0.05, 0) is 18.2 Å². The first-order valence-corrected chi connectivity index (χ1v) is 8.15. The fraction of sp³-hybridized carbons (Fsp3) is 0.105. The van der Waals surface area contributed by atoms with Crippen LogP contribution < -0.4 is 5.32 Å². The molecule has 0 bridgehead atoms. The molecule has 10 nitrogen and oxygen atoms in total. The molecule has 3 rings (SSSR count). The highest BCUT2D eigenvalue weighted by Crippen LogP contribution is 2.37. The highest BCUT2D eigenvalue weighted by Gasteiger charge is 2.35. The number of carbonyl (C=O) groups excluding carboxylic acids is 3. The minimum absolute atomic E-state index is 0.117. The van der Waals surface area contributed by atoms with Crippen molar-refractivity contribution in [2.45, 2.75) is 12.5 Å². The number of benzene rings is 2. The maximum absolute atomic E-state index is 12.7. The Labute approximate surface area is 162 Å². The Morgan fingerprint density at radius 2 is 1.55 bits per heavy atom. The lowest BCUT2D eigenvalue weighted by Gasteiger charge is -2.20. The van der Waals surface area contributed by atoms with Gasteiger partial charge in [-0.3, -0.25) is 19.2 Å². The third kappa shape index (κ3) is 3.38.